The molecule has 0 aliphatic carbocycles. The molecule has 0 saturated carbocycles. The van der Waals surface area contributed by atoms with Gasteiger partial charge >= 0.3 is 249 Å². The molecule has 1 saturated heterocycles. The molecule has 4 aromatic carbocycles. The number of rotatable bonds is 4. The van der Waals surface area contributed by atoms with E-state index >= 15 is 0 Å². The normalized spacial score (nSPS) is 15.7. The van der Waals surface area contributed by atoms with Gasteiger partial charge in [-0.05, 0) is 0 Å². The van der Waals surface area contributed by atoms with Crippen molar-refractivity contribution in [2.45, 2.75) is 83.1 Å². The fourth-order valence-corrected chi connectivity index (χ4v) is 40.2. The first-order valence-electron chi connectivity index (χ1n) is 14.4. The molecule has 2 nitrogen and oxygen atoms in total. The third-order valence-electron chi connectivity index (χ3n) is 8.60. The van der Waals surface area contributed by atoms with Gasteiger partial charge in [0, 0.05) is 0 Å². The number of benzene rings is 4. The zero-order valence-electron chi connectivity index (χ0n) is 26.4. The van der Waals surface area contributed by atoms with Crippen molar-refractivity contribution in [1.82, 2.24) is 0 Å². The van der Waals surface area contributed by atoms with E-state index < -0.39 is 27.9 Å². The molecule has 1 fully saturated rings. The molecular weight excluding hydrogens is 610 g/mol. The first-order chi connectivity index (χ1) is 18.7. The average Bonchev–Trinajstić information content (AvgIpc) is 2.74. The van der Waals surface area contributed by atoms with Gasteiger partial charge in [-0.3, -0.25) is 0 Å². The molecule has 1 aliphatic heterocycles. The summed E-state index contributed by atoms with van der Waals surface area (Å²) in [5, 5.41) is 0. The molecule has 1 aliphatic rings. The van der Waals surface area contributed by atoms with E-state index in [2.05, 4.69) is 132 Å². The maximum atomic E-state index is 8.02. The van der Waals surface area contributed by atoms with Crippen molar-refractivity contribution in [3.8, 4) is 0 Å². The quantitative estimate of drug-likeness (QED) is 0.243. The summed E-state index contributed by atoms with van der Waals surface area (Å²) in [6.07, 6.45) is 0. The summed E-state index contributed by atoms with van der Waals surface area (Å²) < 4.78 is 21.4. The minimum atomic E-state index is -3.79. The predicted octanol–water partition coefficient (Wildman–Crippen LogP) is 6.25. The molecule has 0 aromatic heterocycles. The van der Waals surface area contributed by atoms with Gasteiger partial charge in [0.1, 0.15) is 0 Å². The van der Waals surface area contributed by atoms with Crippen LogP contribution in [0.3, 0.4) is 0 Å². The number of aryl methyl sites for hydroxylation is 12. The molecule has 1 heterocycles. The fourth-order valence-electron chi connectivity index (χ4n) is 7.87. The molecule has 4 aromatic rings. The third kappa shape index (κ3) is 4.56. The fraction of sp³-hybridized carbons (Fsp3) is 0.333. The van der Waals surface area contributed by atoms with Crippen LogP contribution in [0.2, 0.25) is 0 Å². The van der Waals surface area contributed by atoms with E-state index in [0.717, 1.165) is 0 Å². The van der Waals surface area contributed by atoms with Crippen molar-refractivity contribution >= 4 is 45.5 Å². The zero-order chi connectivity index (χ0) is 29.3. The second kappa shape index (κ2) is 10.3. The van der Waals surface area contributed by atoms with Crippen LogP contribution in [0.5, 0.6) is 0 Å². The maximum absolute atomic E-state index is 8.02. The Kier molecular flexibility index (Phi) is 7.57. The molecule has 0 N–H and O–H groups in total. The van der Waals surface area contributed by atoms with Crippen LogP contribution in [-0.2, 0) is 5.58 Å². The molecule has 0 amide bonds. The Balaban J connectivity index is 1.90. The molecule has 0 bridgehead atoms. The predicted molar refractivity (Wildman–Crippen MR) is 175 cm³/mol. The Morgan fingerprint density at radius 1 is 0.300 bits per heavy atom. The van der Waals surface area contributed by atoms with Crippen LogP contribution in [0.15, 0.2) is 48.5 Å². The van der Waals surface area contributed by atoms with Crippen LogP contribution < -0.4 is 17.6 Å². The van der Waals surface area contributed by atoms with Crippen LogP contribution in [0.1, 0.15) is 66.8 Å². The molecule has 5 rings (SSSR count). The van der Waals surface area contributed by atoms with Crippen LogP contribution >= 0.6 is 0 Å². The molecule has 208 valence electrons. The van der Waals surface area contributed by atoms with Crippen molar-refractivity contribution in [2.75, 3.05) is 0 Å². The first kappa shape index (κ1) is 29.4. The molecule has 4 heteroatoms. The van der Waals surface area contributed by atoms with Crippen LogP contribution in [0, 0.1) is 83.1 Å². The minimum absolute atomic E-state index is 1.29. The standard InChI is InChI=1S/C36H44Ge2O2/c1-21-13-25(5)33(26(6)14-21)37(34-27(7)15-22(2)16-28(34)8)39-38(40-37,35-29(9)17-23(3)18-30(35)10)36-31(11)19-24(4)20-32(36)12/h13-20H,1-12H3. The van der Waals surface area contributed by atoms with E-state index in [-0.39, 0.29) is 0 Å². The summed E-state index contributed by atoms with van der Waals surface area (Å²) >= 11 is -7.58. The molecule has 0 atom stereocenters. The molecule has 0 radical (unpaired) electrons. The van der Waals surface area contributed by atoms with Crippen molar-refractivity contribution < 1.29 is 5.58 Å². The Bertz CT molecular complexity index is 1340. The number of hydrogen-bond donors (Lipinski definition) is 0. The summed E-state index contributed by atoms with van der Waals surface area (Å²) in [6.45, 7) is 26.8. The van der Waals surface area contributed by atoms with Gasteiger partial charge in [-0.15, -0.1) is 0 Å². The molecule has 0 spiro atoms. The van der Waals surface area contributed by atoms with Crippen molar-refractivity contribution in [2.24, 2.45) is 0 Å². The average molecular weight is 654 g/mol. The summed E-state index contributed by atoms with van der Waals surface area (Å²) in [6, 6.07) is 18.5. The van der Waals surface area contributed by atoms with Gasteiger partial charge in [0.25, 0.3) is 0 Å². The van der Waals surface area contributed by atoms with E-state index in [1.54, 1.807) is 0 Å². The van der Waals surface area contributed by atoms with Gasteiger partial charge in [-0.25, -0.2) is 0 Å². The van der Waals surface area contributed by atoms with E-state index in [1.165, 1.54) is 84.3 Å². The Hall–Kier alpha value is -2.11. The Labute approximate surface area is 248 Å². The van der Waals surface area contributed by atoms with Gasteiger partial charge < -0.3 is 0 Å². The molecular formula is C36H44Ge2O2. The van der Waals surface area contributed by atoms with Gasteiger partial charge in [0.15, 0.2) is 0 Å². The summed E-state index contributed by atoms with van der Waals surface area (Å²) in [7, 11) is 0. The Morgan fingerprint density at radius 3 is 0.600 bits per heavy atom. The van der Waals surface area contributed by atoms with Crippen LogP contribution in [0.4, 0.5) is 0 Å². The Morgan fingerprint density at radius 2 is 0.450 bits per heavy atom. The van der Waals surface area contributed by atoms with Gasteiger partial charge in [-0.2, -0.15) is 0 Å². The van der Waals surface area contributed by atoms with Gasteiger partial charge in [-0.1, -0.05) is 0 Å². The van der Waals surface area contributed by atoms with Gasteiger partial charge in [0.2, 0.25) is 0 Å². The monoisotopic (exact) mass is 656 g/mol. The SMILES string of the molecule is Cc1cc(C)[c]([Ge]2([c]3c(C)cc(C)cc3C)[O][Ge]([c]3c(C)cc(C)cc3C)([c]3c(C)cc(C)cc3C)[O]2)c(C)c1. The molecule has 40 heavy (non-hydrogen) atoms. The van der Waals surface area contributed by atoms with E-state index in [1.807, 2.05) is 0 Å². The van der Waals surface area contributed by atoms with Crippen molar-refractivity contribution in [3.63, 3.8) is 0 Å². The zero-order valence-corrected chi connectivity index (χ0v) is 30.6. The van der Waals surface area contributed by atoms with E-state index in [4.69, 9.17) is 5.58 Å². The summed E-state index contributed by atoms with van der Waals surface area (Å²) in [4.78, 5) is 0. The first-order valence-corrected chi connectivity index (χ1v) is 22.1. The van der Waals surface area contributed by atoms with E-state index in [9.17, 15) is 0 Å². The van der Waals surface area contributed by atoms with Gasteiger partial charge in [0.05, 0.1) is 0 Å². The second-order valence-electron chi connectivity index (χ2n) is 12.5. The van der Waals surface area contributed by atoms with Crippen molar-refractivity contribution in [3.05, 3.63) is 115 Å². The topological polar surface area (TPSA) is 18.5 Å². The summed E-state index contributed by atoms with van der Waals surface area (Å²) in [5.41, 5.74) is 15.5. The third-order valence-corrected chi connectivity index (χ3v) is 35.7. The van der Waals surface area contributed by atoms with Crippen LogP contribution in [0.25, 0.3) is 0 Å². The van der Waals surface area contributed by atoms with Crippen LogP contribution in [-0.4, -0.2) is 27.9 Å². The second-order valence-corrected chi connectivity index (χ2v) is 27.2. The molecule has 0 unspecified atom stereocenters. The number of hydrogen-bond acceptors (Lipinski definition) is 2. The van der Waals surface area contributed by atoms with E-state index in [0.29, 0.717) is 0 Å². The summed E-state index contributed by atoms with van der Waals surface area (Å²) in [5.74, 6) is 0. The van der Waals surface area contributed by atoms with Crippen molar-refractivity contribution in [1.29, 1.82) is 0 Å².